The molecule has 0 saturated carbocycles. The predicted octanol–water partition coefficient (Wildman–Crippen LogP) is 4.53. The summed E-state index contributed by atoms with van der Waals surface area (Å²) in [7, 11) is 0. The van der Waals surface area contributed by atoms with Crippen molar-refractivity contribution >= 4 is 23.2 Å². The molecule has 0 saturated heterocycles. The summed E-state index contributed by atoms with van der Waals surface area (Å²) in [5, 5.41) is 0.543. The molecule has 3 nitrogen and oxygen atoms in total. The van der Waals surface area contributed by atoms with E-state index in [-0.39, 0.29) is 16.0 Å². The van der Waals surface area contributed by atoms with Gasteiger partial charge in [-0.05, 0) is 29.2 Å². The average molecular weight is 340 g/mol. The lowest BCUT2D eigenvalue weighted by Gasteiger charge is -2.19. The number of benzene rings is 1. The maximum absolute atomic E-state index is 11.8. The van der Waals surface area contributed by atoms with Gasteiger partial charge in [0, 0.05) is 6.20 Å². The predicted molar refractivity (Wildman–Crippen MR) is 91.4 cm³/mol. The summed E-state index contributed by atoms with van der Waals surface area (Å²) in [6, 6.07) is 9.42. The Bertz CT molecular complexity index is 700. The van der Waals surface area contributed by atoms with Gasteiger partial charge in [0.25, 0.3) is 5.56 Å². The van der Waals surface area contributed by atoms with Crippen LogP contribution in [0.1, 0.15) is 26.3 Å². The van der Waals surface area contributed by atoms with Crippen LogP contribution in [0.4, 0.5) is 0 Å². The van der Waals surface area contributed by atoms with Gasteiger partial charge in [0.1, 0.15) is 17.4 Å². The summed E-state index contributed by atoms with van der Waals surface area (Å²) < 4.78 is 7.12. The fourth-order valence-electron chi connectivity index (χ4n) is 2.04. The van der Waals surface area contributed by atoms with Gasteiger partial charge < -0.3 is 9.30 Å². The van der Waals surface area contributed by atoms with E-state index >= 15 is 0 Å². The monoisotopic (exact) mass is 339 g/mol. The van der Waals surface area contributed by atoms with Crippen LogP contribution in [0.2, 0.25) is 10.0 Å². The number of hydrogen-bond donors (Lipinski definition) is 0. The lowest BCUT2D eigenvalue weighted by atomic mass is 9.87. The smallest absolute Gasteiger partial charge is 0.269 e. The minimum absolute atomic E-state index is 0.113. The lowest BCUT2D eigenvalue weighted by Crippen LogP contribution is -2.23. The molecule has 0 unspecified atom stereocenters. The Morgan fingerprint density at radius 1 is 1.14 bits per heavy atom. The summed E-state index contributed by atoms with van der Waals surface area (Å²) in [5.41, 5.74) is 1.10. The minimum atomic E-state index is -0.266. The van der Waals surface area contributed by atoms with Crippen molar-refractivity contribution in [2.75, 3.05) is 6.61 Å². The number of nitrogens with zero attached hydrogens (tertiary/aromatic N) is 1. The highest BCUT2D eigenvalue weighted by Crippen LogP contribution is 2.24. The Labute approximate surface area is 140 Å². The standard InChI is InChI=1S/C17H19Cl2NO2/c1-17(2,3)12-4-6-14(7-5-12)22-9-8-20-11-13(18)10-15(19)16(20)21/h4-7,10-11H,8-9H2,1-3H3. The van der Waals surface area contributed by atoms with Gasteiger partial charge in [-0.3, -0.25) is 4.79 Å². The zero-order valence-electron chi connectivity index (χ0n) is 12.9. The average Bonchev–Trinajstić information content (AvgIpc) is 2.43. The molecule has 1 aromatic heterocycles. The molecule has 0 amide bonds. The normalized spacial score (nSPS) is 11.5. The Morgan fingerprint density at radius 2 is 1.77 bits per heavy atom. The Kier molecular flexibility index (Phi) is 5.20. The molecule has 0 aliphatic rings. The third-order valence-electron chi connectivity index (χ3n) is 3.33. The van der Waals surface area contributed by atoms with Crippen LogP contribution in [0.15, 0.2) is 41.3 Å². The van der Waals surface area contributed by atoms with Crippen LogP contribution < -0.4 is 10.3 Å². The molecule has 0 atom stereocenters. The summed E-state index contributed by atoms with van der Waals surface area (Å²) >= 11 is 11.7. The van der Waals surface area contributed by atoms with Crippen LogP contribution in [0.3, 0.4) is 0 Å². The summed E-state index contributed by atoms with van der Waals surface area (Å²) in [4.78, 5) is 11.8. The maximum Gasteiger partial charge on any atom is 0.269 e. The van der Waals surface area contributed by atoms with E-state index in [2.05, 4.69) is 32.9 Å². The van der Waals surface area contributed by atoms with Crippen LogP contribution in [0, 0.1) is 0 Å². The summed E-state index contributed by atoms with van der Waals surface area (Å²) in [5.74, 6) is 0.772. The third kappa shape index (κ3) is 4.28. The highest BCUT2D eigenvalue weighted by Gasteiger charge is 2.13. The molecule has 0 radical (unpaired) electrons. The first-order valence-electron chi connectivity index (χ1n) is 7.06. The van der Waals surface area contributed by atoms with Gasteiger partial charge in [0.2, 0.25) is 0 Å². The summed E-state index contributed by atoms with van der Waals surface area (Å²) in [6.45, 7) is 7.25. The van der Waals surface area contributed by atoms with Gasteiger partial charge in [-0.1, -0.05) is 56.1 Å². The number of ether oxygens (including phenoxy) is 1. The second-order valence-electron chi connectivity index (χ2n) is 6.13. The van der Waals surface area contributed by atoms with Crippen LogP contribution in [-0.4, -0.2) is 11.2 Å². The molecule has 0 fully saturated rings. The molecule has 2 aromatic rings. The van der Waals surface area contributed by atoms with Crippen molar-refractivity contribution in [2.45, 2.75) is 32.7 Å². The van der Waals surface area contributed by atoms with E-state index in [1.807, 2.05) is 12.1 Å². The number of pyridine rings is 1. The van der Waals surface area contributed by atoms with E-state index < -0.39 is 0 Å². The van der Waals surface area contributed by atoms with Gasteiger partial charge >= 0.3 is 0 Å². The van der Waals surface area contributed by atoms with Crippen LogP contribution in [0.25, 0.3) is 0 Å². The molecule has 0 bridgehead atoms. The second kappa shape index (κ2) is 6.76. The van der Waals surface area contributed by atoms with E-state index in [1.54, 1.807) is 6.20 Å². The van der Waals surface area contributed by atoms with E-state index in [0.717, 1.165) is 5.75 Å². The minimum Gasteiger partial charge on any atom is -0.492 e. The first-order chi connectivity index (χ1) is 10.3. The molecule has 5 heteroatoms. The number of halogens is 2. The Hall–Kier alpha value is -1.45. The molecule has 0 spiro atoms. The maximum atomic E-state index is 11.8. The van der Waals surface area contributed by atoms with Gasteiger partial charge in [-0.15, -0.1) is 0 Å². The first-order valence-corrected chi connectivity index (χ1v) is 7.82. The van der Waals surface area contributed by atoms with Crippen LogP contribution >= 0.6 is 23.2 Å². The fraction of sp³-hybridized carbons (Fsp3) is 0.353. The van der Waals surface area contributed by atoms with Gasteiger partial charge in [0.15, 0.2) is 0 Å². The highest BCUT2D eigenvalue weighted by molar-refractivity contribution is 6.34. The van der Waals surface area contributed by atoms with E-state index in [0.29, 0.717) is 18.2 Å². The van der Waals surface area contributed by atoms with Crippen molar-refractivity contribution in [1.82, 2.24) is 4.57 Å². The zero-order chi connectivity index (χ0) is 16.3. The van der Waals surface area contributed by atoms with E-state index in [4.69, 9.17) is 27.9 Å². The third-order valence-corrected chi connectivity index (χ3v) is 3.81. The molecule has 22 heavy (non-hydrogen) atoms. The second-order valence-corrected chi connectivity index (χ2v) is 6.97. The van der Waals surface area contributed by atoms with Crippen molar-refractivity contribution < 1.29 is 4.74 Å². The van der Waals surface area contributed by atoms with Crippen LogP contribution in [0.5, 0.6) is 5.75 Å². The molecule has 0 N–H and O–H groups in total. The number of hydrogen-bond acceptors (Lipinski definition) is 2. The Balaban J connectivity index is 1.99. The largest absolute Gasteiger partial charge is 0.492 e. The molecular weight excluding hydrogens is 321 g/mol. The molecule has 2 rings (SSSR count). The van der Waals surface area contributed by atoms with E-state index in [1.165, 1.54) is 16.2 Å². The molecule has 0 aliphatic carbocycles. The lowest BCUT2D eigenvalue weighted by molar-refractivity contribution is 0.296. The van der Waals surface area contributed by atoms with Gasteiger partial charge in [0.05, 0.1) is 11.6 Å². The molecular formula is C17H19Cl2NO2. The van der Waals surface area contributed by atoms with Gasteiger partial charge in [-0.2, -0.15) is 0 Å². The number of rotatable bonds is 4. The van der Waals surface area contributed by atoms with E-state index in [9.17, 15) is 4.79 Å². The summed E-state index contributed by atoms with van der Waals surface area (Å²) in [6.07, 6.45) is 1.56. The fourth-order valence-corrected chi connectivity index (χ4v) is 2.55. The van der Waals surface area contributed by atoms with Gasteiger partial charge in [-0.25, -0.2) is 0 Å². The van der Waals surface area contributed by atoms with Crippen LogP contribution in [-0.2, 0) is 12.0 Å². The van der Waals surface area contributed by atoms with Crippen molar-refractivity contribution in [2.24, 2.45) is 0 Å². The number of aromatic nitrogens is 1. The molecule has 0 aliphatic heterocycles. The Morgan fingerprint density at radius 3 is 2.36 bits per heavy atom. The molecule has 1 heterocycles. The quantitative estimate of drug-likeness (QED) is 0.819. The molecule has 118 valence electrons. The van der Waals surface area contributed by atoms with Crippen molar-refractivity contribution in [1.29, 1.82) is 0 Å². The molecule has 1 aromatic carbocycles. The topological polar surface area (TPSA) is 31.2 Å². The SMILES string of the molecule is CC(C)(C)c1ccc(OCCn2cc(Cl)cc(Cl)c2=O)cc1. The van der Waals surface area contributed by atoms with Crippen molar-refractivity contribution in [3.05, 3.63) is 62.5 Å². The van der Waals surface area contributed by atoms with Crippen molar-refractivity contribution in [3.63, 3.8) is 0 Å². The van der Waals surface area contributed by atoms with Crippen molar-refractivity contribution in [3.8, 4) is 5.75 Å². The first kappa shape index (κ1) is 16.9. The highest BCUT2D eigenvalue weighted by atomic mass is 35.5. The zero-order valence-corrected chi connectivity index (χ0v) is 14.4.